The summed E-state index contributed by atoms with van der Waals surface area (Å²) in [4.78, 5) is 0. The van der Waals surface area contributed by atoms with E-state index in [1.165, 1.54) is 12.8 Å². The van der Waals surface area contributed by atoms with Crippen molar-refractivity contribution in [2.45, 2.75) is 45.1 Å². The van der Waals surface area contributed by atoms with Crippen molar-refractivity contribution in [2.24, 2.45) is 17.1 Å². The molecule has 2 nitrogen and oxygen atoms in total. The van der Waals surface area contributed by atoms with Crippen LogP contribution < -0.4 is 5.73 Å². The van der Waals surface area contributed by atoms with E-state index < -0.39 is 5.60 Å². The zero-order chi connectivity index (χ0) is 14.1. The largest absolute Gasteiger partial charge is 0.385 e. The van der Waals surface area contributed by atoms with E-state index in [1.807, 2.05) is 31.2 Å². The summed E-state index contributed by atoms with van der Waals surface area (Å²) >= 11 is 3.56. The third-order valence-corrected chi connectivity index (χ3v) is 5.80. The summed E-state index contributed by atoms with van der Waals surface area (Å²) in [7, 11) is 0. The molecular formula is C16H24BrNO. The molecule has 0 aromatic heterocycles. The normalized spacial score (nSPS) is 30.3. The molecule has 1 aromatic rings. The summed E-state index contributed by atoms with van der Waals surface area (Å²) in [5, 5.41) is 11.2. The first kappa shape index (κ1) is 15.0. The van der Waals surface area contributed by atoms with E-state index in [9.17, 15) is 5.11 Å². The lowest BCUT2D eigenvalue weighted by Crippen LogP contribution is -2.47. The van der Waals surface area contributed by atoms with Gasteiger partial charge in [-0.05, 0) is 43.7 Å². The Morgan fingerprint density at radius 1 is 1.47 bits per heavy atom. The van der Waals surface area contributed by atoms with E-state index in [2.05, 4.69) is 22.9 Å². The fourth-order valence-electron chi connectivity index (χ4n) is 3.55. The molecule has 19 heavy (non-hydrogen) atoms. The second-order valence-electron chi connectivity index (χ2n) is 6.05. The van der Waals surface area contributed by atoms with E-state index in [0.29, 0.717) is 12.5 Å². The van der Waals surface area contributed by atoms with Gasteiger partial charge in [0.15, 0.2) is 0 Å². The fourth-order valence-corrected chi connectivity index (χ4v) is 4.22. The van der Waals surface area contributed by atoms with Crippen molar-refractivity contribution >= 4 is 15.9 Å². The molecule has 0 bridgehead atoms. The van der Waals surface area contributed by atoms with Crippen molar-refractivity contribution in [2.75, 3.05) is 6.54 Å². The van der Waals surface area contributed by atoms with Crippen molar-refractivity contribution in [3.8, 4) is 0 Å². The molecule has 1 saturated carbocycles. The summed E-state index contributed by atoms with van der Waals surface area (Å²) in [6.45, 7) is 4.69. The van der Waals surface area contributed by atoms with E-state index in [1.54, 1.807) is 0 Å². The van der Waals surface area contributed by atoms with Crippen molar-refractivity contribution in [1.82, 2.24) is 0 Å². The van der Waals surface area contributed by atoms with Crippen LogP contribution in [0, 0.1) is 11.3 Å². The summed E-state index contributed by atoms with van der Waals surface area (Å²) < 4.78 is 0.966. The van der Waals surface area contributed by atoms with Gasteiger partial charge < -0.3 is 10.8 Å². The third kappa shape index (κ3) is 2.48. The van der Waals surface area contributed by atoms with Crippen molar-refractivity contribution in [3.63, 3.8) is 0 Å². The van der Waals surface area contributed by atoms with Crippen LogP contribution in [0.3, 0.4) is 0 Å². The van der Waals surface area contributed by atoms with Gasteiger partial charge in [0, 0.05) is 16.4 Å². The Morgan fingerprint density at radius 2 is 2.16 bits per heavy atom. The maximum absolute atomic E-state index is 11.2. The molecule has 0 heterocycles. The van der Waals surface area contributed by atoms with Crippen molar-refractivity contribution in [3.05, 3.63) is 34.3 Å². The van der Waals surface area contributed by atoms with Crippen molar-refractivity contribution < 1.29 is 5.11 Å². The SMILES string of the molecule is CCC1CCC(CN)(C(C)(O)c2ccccc2Br)C1. The van der Waals surface area contributed by atoms with Crippen LogP contribution in [0.25, 0.3) is 0 Å². The van der Waals surface area contributed by atoms with Crippen LogP contribution in [-0.2, 0) is 5.60 Å². The lowest BCUT2D eigenvalue weighted by molar-refractivity contribution is -0.0720. The zero-order valence-electron chi connectivity index (χ0n) is 11.8. The highest BCUT2D eigenvalue weighted by Crippen LogP contribution is 2.54. The second kappa shape index (κ2) is 5.55. The first-order valence-corrected chi connectivity index (χ1v) is 7.93. The second-order valence-corrected chi connectivity index (χ2v) is 6.91. The third-order valence-electron chi connectivity index (χ3n) is 5.11. The van der Waals surface area contributed by atoms with E-state index in [0.717, 1.165) is 22.9 Å². The molecule has 0 saturated heterocycles. The van der Waals surface area contributed by atoms with Crippen LogP contribution in [0.15, 0.2) is 28.7 Å². The van der Waals surface area contributed by atoms with E-state index in [-0.39, 0.29) is 5.41 Å². The number of nitrogens with two attached hydrogens (primary N) is 1. The number of benzene rings is 1. The molecule has 1 aromatic carbocycles. The first-order chi connectivity index (χ1) is 8.97. The molecule has 106 valence electrons. The highest BCUT2D eigenvalue weighted by Gasteiger charge is 2.51. The Balaban J connectivity index is 2.40. The molecule has 3 unspecified atom stereocenters. The van der Waals surface area contributed by atoms with Gasteiger partial charge in [0.25, 0.3) is 0 Å². The van der Waals surface area contributed by atoms with Crippen LogP contribution in [0.5, 0.6) is 0 Å². The van der Waals surface area contributed by atoms with Crippen LogP contribution in [0.2, 0.25) is 0 Å². The molecule has 0 radical (unpaired) electrons. The molecule has 3 heteroatoms. The van der Waals surface area contributed by atoms with Gasteiger partial charge in [-0.3, -0.25) is 0 Å². The van der Waals surface area contributed by atoms with Gasteiger partial charge in [-0.1, -0.05) is 47.5 Å². The van der Waals surface area contributed by atoms with Gasteiger partial charge in [-0.2, -0.15) is 0 Å². The molecule has 0 aliphatic heterocycles. The molecule has 0 amide bonds. The Hall–Kier alpha value is -0.380. The van der Waals surface area contributed by atoms with Gasteiger partial charge in [0.2, 0.25) is 0 Å². The van der Waals surface area contributed by atoms with Crippen LogP contribution in [0.1, 0.15) is 45.1 Å². The maximum atomic E-state index is 11.2. The summed E-state index contributed by atoms with van der Waals surface area (Å²) in [6.07, 6.45) is 4.38. The Bertz CT molecular complexity index is 446. The maximum Gasteiger partial charge on any atom is 0.0947 e. The van der Waals surface area contributed by atoms with Crippen LogP contribution in [-0.4, -0.2) is 11.7 Å². The van der Waals surface area contributed by atoms with Crippen molar-refractivity contribution in [1.29, 1.82) is 0 Å². The van der Waals surface area contributed by atoms with Gasteiger partial charge in [-0.15, -0.1) is 0 Å². The minimum atomic E-state index is -0.883. The van der Waals surface area contributed by atoms with E-state index in [4.69, 9.17) is 5.73 Å². The topological polar surface area (TPSA) is 46.2 Å². The zero-order valence-corrected chi connectivity index (χ0v) is 13.4. The molecule has 3 N–H and O–H groups in total. The molecule has 1 aliphatic rings. The van der Waals surface area contributed by atoms with Gasteiger partial charge >= 0.3 is 0 Å². The number of halogens is 1. The highest BCUT2D eigenvalue weighted by molar-refractivity contribution is 9.10. The lowest BCUT2D eigenvalue weighted by atomic mass is 9.67. The number of rotatable bonds is 4. The predicted octanol–water partition coefficient (Wildman–Crippen LogP) is 3.81. The van der Waals surface area contributed by atoms with Gasteiger partial charge in [0.1, 0.15) is 0 Å². The van der Waals surface area contributed by atoms with Crippen LogP contribution >= 0.6 is 15.9 Å². The number of aliphatic hydroxyl groups is 1. The quantitative estimate of drug-likeness (QED) is 0.884. The summed E-state index contributed by atoms with van der Waals surface area (Å²) in [5.41, 5.74) is 5.96. The molecule has 1 fully saturated rings. The monoisotopic (exact) mass is 325 g/mol. The molecule has 0 spiro atoms. The van der Waals surface area contributed by atoms with Gasteiger partial charge in [0.05, 0.1) is 5.60 Å². The standard InChI is InChI=1S/C16H24BrNO/c1-3-12-8-9-16(10-12,11-18)15(2,19)13-6-4-5-7-14(13)17/h4-7,12,19H,3,8-11,18H2,1-2H3. The molecule has 2 rings (SSSR count). The minimum absolute atomic E-state index is 0.197. The highest BCUT2D eigenvalue weighted by atomic mass is 79.9. The Labute approximate surface area is 124 Å². The van der Waals surface area contributed by atoms with Gasteiger partial charge in [-0.25, -0.2) is 0 Å². The molecular weight excluding hydrogens is 302 g/mol. The first-order valence-electron chi connectivity index (χ1n) is 7.14. The smallest absolute Gasteiger partial charge is 0.0947 e. The Kier molecular flexibility index (Phi) is 4.38. The average molecular weight is 326 g/mol. The fraction of sp³-hybridized carbons (Fsp3) is 0.625. The summed E-state index contributed by atoms with van der Waals surface area (Å²) in [6, 6.07) is 7.94. The minimum Gasteiger partial charge on any atom is -0.385 e. The lowest BCUT2D eigenvalue weighted by Gasteiger charge is -2.43. The number of hydrogen-bond donors (Lipinski definition) is 2. The van der Waals surface area contributed by atoms with Crippen LogP contribution in [0.4, 0.5) is 0 Å². The number of hydrogen-bond acceptors (Lipinski definition) is 2. The molecule has 1 aliphatic carbocycles. The van der Waals surface area contributed by atoms with E-state index >= 15 is 0 Å². The average Bonchev–Trinajstić information content (AvgIpc) is 2.84. The predicted molar refractivity (Wildman–Crippen MR) is 82.8 cm³/mol. The summed E-state index contributed by atoms with van der Waals surface area (Å²) in [5.74, 6) is 0.692. The Morgan fingerprint density at radius 3 is 2.68 bits per heavy atom. The molecule has 3 atom stereocenters.